The highest BCUT2D eigenvalue weighted by atomic mass is 16.7. The summed E-state index contributed by atoms with van der Waals surface area (Å²) in [6.07, 6.45) is 0. The summed E-state index contributed by atoms with van der Waals surface area (Å²) >= 11 is 0. The van der Waals surface area contributed by atoms with Crippen molar-refractivity contribution in [2.75, 3.05) is 13.9 Å². The van der Waals surface area contributed by atoms with Gasteiger partial charge in [0, 0.05) is 12.1 Å². The van der Waals surface area contributed by atoms with E-state index in [-0.39, 0.29) is 6.79 Å². The molecule has 4 nitrogen and oxygen atoms in total. The molecule has 0 unspecified atom stereocenters. The Bertz CT molecular complexity index is 381. The summed E-state index contributed by atoms with van der Waals surface area (Å²) < 4.78 is 15.3. The van der Waals surface area contributed by atoms with Crippen LogP contribution in [0.1, 0.15) is 5.56 Å². The van der Waals surface area contributed by atoms with E-state index in [0.29, 0.717) is 22.8 Å². The molecule has 1 aromatic carbocycles. The summed E-state index contributed by atoms with van der Waals surface area (Å²) in [7, 11) is 1.53. The quantitative estimate of drug-likeness (QED) is 0.648. The zero-order valence-corrected chi connectivity index (χ0v) is 7.03. The lowest BCUT2D eigenvalue weighted by Gasteiger charge is -2.03. The monoisotopic (exact) mass is 177 g/mol. The minimum atomic E-state index is 0.181. The Labute approximate surface area is 75.3 Å². The van der Waals surface area contributed by atoms with Gasteiger partial charge in [-0.2, -0.15) is 5.26 Å². The third-order valence-electron chi connectivity index (χ3n) is 1.79. The highest BCUT2D eigenvalue weighted by Crippen LogP contribution is 2.41. The fraction of sp³-hybridized carbons (Fsp3) is 0.222. The van der Waals surface area contributed by atoms with Crippen LogP contribution < -0.4 is 14.2 Å². The van der Waals surface area contributed by atoms with Crippen molar-refractivity contribution in [1.82, 2.24) is 0 Å². The van der Waals surface area contributed by atoms with Crippen molar-refractivity contribution < 1.29 is 14.2 Å². The van der Waals surface area contributed by atoms with E-state index in [1.165, 1.54) is 7.11 Å². The lowest BCUT2D eigenvalue weighted by Crippen LogP contribution is -1.93. The molecule has 0 aliphatic carbocycles. The fourth-order valence-corrected chi connectivity index (χ4v) is 1.19. The minimum absolute atomic E-state index is 0.181. The van der Waals surface area contributed by atoms with E-state index in [9.17, 15) is 0 Å². The van der Waals surface area contributed by atoms with Crippen LogP contribution in [0.2, 0.25) is 0 Å². The second-order valence-corrected chi connectivity index (χ2v) is 2.52. The van der Waals surface area contributed by atoms with Gasteiger partial charge in [-0.3, -0.25) is 0 Å². The average Bonchev–Trinajstić information content (AvgIpc) is 2.63. The molecule has 0 spiro atoms. The zero-order valence-electron chi connectivity index (χ0n) is 7.03. The average molecular weight is 177 g/mol. The second-order valence-electron chi connectivity index (χ2n) is 2.52. The standard InChI is InChI=1S/C9H7NO3/c1-11-7-2-6(4-10)3-8-9(7)13-5-12-8/h2-3H,5H2,1H3. The first-order chi connectivity index (χ1) is 6.35. The van der Waals surface area contributed by atoms with E-state index >= 15 is 0 Å². The summed E-state index contributed by atoms with van der Waals surface area (Å²) in [5, 5.41) is 8.69. The Morgan fingerprint density at radius 1 is 1.46 bits per heavy atom. The van der Waals surface area contributed by atoms with Gasteiger partial charge in [0.25, 0.3) is 0 Å². The first kappa shape index (κ1) is 7.74. The number of fused-ring (bicyclic) bond motifs is 1. The van der Waals surface area contributed by atoms with Gasteiger partial charge in [-0.05, 0) is 0 Å². The van der Waals surface area contributed by atoms with Crippen LogP contribution in [0.25, 0.3) is 0 Å². The molecule has 1 aliphatic heterocycles. The van der Waals surface area contributed by atoms with Gasteiger partial charge in [-0.15, -0.1) is 0 Å². The predicted molar refractivity (Wildman–Crippen MR) is 43.8 cm³/mol. The SMILES string of the molecule is COc1cc(C#N)cc2c1OCO2. The maximum absolute atomic E-state index is 8.69. The molecule has 0 N–H and O–H groups in total. The molecule has 0 radical (unpaired) electrons. The Morgan fingerprint density at radius 3 is 3.00 bits per heavy atom. The largest absolute Gasteiger partial charge is 0.493 e. The van der Waals surface area contributed by atoms with E-state index in [1.54, 1.807) is 12.1 Å². The van der Waals surface area contributed by atoms with Crippen molar-refractivity contribution in [3.05, 3.63) is 17.7 Å². The lowest BCUT2D eigenvalue weighted by molar-refractivity contribution is 0.171. The molecule has 0 fully saturated rings. The number of methoxy groups -OCH3 is 1. The third kappa shape index (κ3) is 1.14. The molecule has 1 heterocycles. The topological polar surface area (TPSA) is 51.5 Å². The van der Waals surface area contributed by atoms with Gasteiger partial charge >= 0.3 is 0 Å². The van der Waals surface area contributed by atoms with E-state index in [0.717, 1.165) is 0 Å². The van der Waals surface area contributed by atoms with Crippen molar-refractivity contribution in [2.45, 2.75) is 0 Å². The summed E-state index contributed by atoms with van der Waals surface area (Å²) in [5.74, 6) is 1.67. The van der Waals surface area contributed by atoms with Crippen molar-refractivity contribution in [3.63, 3.8) is 0 Å². The maximum atomic E-state index is 8.69. The van der Waals surface area contributed by atoms with Crippen molar-refractivity contribution in [3.8, 4) is 23.3 Å². The summed E-state index contributed by atoms with van der Waals surface area (Å²) in [6, 6.07) is 5.26. The first-order valence-corrected chi connectivity index (χ1v) is 3.73. The summed E-state index contributed by atoms with van der Waals surface area (Å²) in [6.45, 7) is 0.181. The van der Waals surface area contributed by atoms with E-state index in [4.69, 9.17) is 19.5 Å². The van der Waals surface area contributed by atoms with Crippen LogP contribution in [-0.2, 0) is 0 Å². The molecular weight excluding hydrogens is 170 g/mol. The van der Waals surface area contributed by atoms with Crippen LogP contribution in [0.4, 0.5) is 0 Å². The third-order valence-corrected chi connectivity index (χ3v) is 1.79. The highest BCUT2D eigenvalue weighted by Gasteiger charge is 2.19. The Morgan fingerprint density at radius 2 is 2.31 bits per heavy atom. The number of rotatable bonds is 1. The molecule has 1 aliphatic rings. The second kappa shape index (κ2) is 2.87. The number of hydrogen-bond donors (Lipinski definition) is 0. The maximum Gasteiger partial charge on any atom is 0.231 e. The van der Waals surface area contributed by atoms with Crippen LogP contribution in [0.3, 0.4) is 0 Å². The number of hydrogen-bond acceptors (Lipinski definition) is 4. The molecule has 4 heteroatoms. The van der Waals surface area contributed by atoms with Gasteiger partial charge in [0.2, 0.25) is 12.5 Å². The Hall–Kier alpha value is -1.89. The molecule has 2 rings (SSSR count). The molecule has 0 bridgehead atoms. The zero-order chi connectivity index (χ0) is 9.26. The van der Waals surface area contributed by atoms with Gasteiger partial charge in [-0.1, -0.05) is 0 Å². The number of nitriles is 1. The predicted octanol–water partition coefficient (Wildman–Crippen LogP) is 1.30. The molecule has 1 aromatic rings. The summed E-state index contributed by atoms with van der Waals surface area (Å²) in [4.78, 5) is 0. The first-order valence-electron chi connectivity index (χ1n) is 3.73. The Kier molecular flexibility index (Phi) is 1.71. The number of benzene rings is 1. The summed E-state index contributed by atoms with van der Waals surface area (Å²) in [5.41, 5.74) is 0.501. The van der Waals surface area contributed by atoms with E-state index in [2.05, 4.69) is 0 Å². The number of ether oxygens (including phenoxy) is 3. The number of nitrogens with zero attached hydrogens (tertiary/aromatic N) is 1. The smallest absolute Gasteiger partial charge is 0.231 e. The molecule has 0 saturated heterocycles. The molecule has 0 atom stereocenters. The van der Waals surface area contributed by atoms with Gasteiger partial charge in [-0.25, -0.2) is 0 Å². The molecule has 0 aromatic heterocycles. The highest BCUT2D eigenvalue weighted by molar-refractivity contribution is 5.57. The molecule has 0 amide bonds. The fourth-order valence-electron chi connectivity index (χ4n) is 1.19. The van der Waals surface area contributed by atoms with E-state index in [1.807, 2.05) is 6.07 Å². The van der Waals surface area contributed by atoms with E-state index < -0.39 is 0 Å². The molecule has 0 saturated carbocycles. The van der Waals surface area contributed by atoms with Crippen LogP contribution >= 0.6 is 0 Å². The normalized spacial score (nSPS) is 12.3. The van der Waals surface area contributed by atoms with Crippen LogP contribution in [0.15, 0.2) is 12.1 Å². The minimum Gasteiger partial charge on any atom is -0.493 e. The van der Waals surface area contributed by atoms with Crippen molar-refractivity contribution in [2.24, 2.45) is 0 Å². The molecule has 13 heavy (non-hydrogen) atoms. The van der Waals surface area contributed by atoms with Gasteiger partial charge in [0.05, 0.1) is 18.7 Å². The van der Waals surface area contributed by atoms with Gasteiger partial charge in [0.1, 0.15) is 0 Å². The van der Waals surface area contributed by atoms with Crippen LogP contribution in [-0.4, -0.2) is 13.9 Å². The van der Waals surface area contributed by atoms with Gasteiger partial charge in [0.15, 0.2) is 11.5 Å². The van der Waals surface area contributed by atoms with Crippen LogP contribution in [0, 0.1) is 11.3 Å². The Balaban J connectivity index is 2.57. The van der Waals surface area contributed by atoms with Crippen LogP contribution in [0.5, 0.6) is 17.2 Å². The van der Waals surface area contributed by atoms with Gasteiger partial charge < -0.3 is 14.2 Å². The van der Waals surface area contributed by atoms with Crippen molar-refractivity contribution >= 4 is 0 Å². The lowest BCUT2D eigenvalue weighted by atomic mass is 10.2. The molecular formula is C9H7NO3. The van der Waals surface area contributed by atoms with Crippen molar-refractivity contribution in [1.29, 1.82) is 5.26 Å². The molecule has 66 valence electrons.